The zero-order valence-corrected chi connectivity index (χ0v) is 5.70. The molecular formula is C7H7N3O. The van der Waals surface area contributed by atoms with Gasteiger partial charge in [0.15, 0.2) is 0 Å². The maximum absolute atomic E-state index is 9.10. The van der Waals surface area contributed by atoms with Gasteiger partial charge in [0.05, 0.1) is 5.69 Å². The first-order chi connectivity index (χ1) is 5.29. The third-order valence-corrected chi connectivity index (χ3v) is 1.31. The van der Waals surface area contributed by atoms with Crippen LogP contribution in [0.25, 0.3) is 0 Å². The molecule has 4 N–H and O–H groups in total. The minimum absolute atomic E-state index is 0.0667. The number of anilines is 1. The summed E-state index contributed by atoms with van der Waals surface area (Å²) in [5, 5.41) is 17.6. The van der Waals surface area contributed by atoms with Crippen LogP contribution in [0.3, 0.4) is 0 Å². The molecule has 0 aliphatic heterocycles. The van der Waals surface area contributed by atoms with Crippen molar-refractivity contribution < 1.29 is 5.11 Å². The Balaban J connectivity index is 3.27. The SMILES string of the molecule is N#Cc1c(O)cccc1NN. The number of aromatic hydroxyl groups is 1. The molecule has 1 aromatic carbocycles. The predicted molar refractivity (Wildman–Crippen MR) is 40.6 cm³/mol. The number of nitrogens with zero attached hydrogens (tertiary/aromatic N) is 1. The second-order valence-corrected chi connectivity index (χ2v) is 1.96. The third-order valence-electron chi connectivity index (χ3n) is 1.31. The number of phenolic OH excluding ortho intramolecular Hbond substituents is 1. The fourth-order valence-electron chi connectivity index (χ4n) is 0.778. The summed E-state index contributed by atoms with van der Waals surface area (Å²) in [6.07, 6.45) is 0. The Kier molecular flexibility index (Phi) is 1.95. The van der Waals surface area contributed by atoms with Gasteiger partial charge in [-0.1, -0.05) is 6.07 Å². The molecule has 0 saturated carbocycles. The molecule has 0 bridgehead atoms. The van der Waals surface area contributed by atoms with E-state index in [1.807, 2.05) is 6.07 Å². The number of nitrogen functional groups attached to an aromatic ring is 1. The molecule has 4 nitrogen and oxygen atoms in total. The van der Waals surface area contributed by atoms with Crippen LogP contribution in [0.1, 0.15) is 5.56 Å². The van der Waals surface area contributed by atoms with E-state index < -0.39 is 0 Å². The van der Waals surface area contributed by atoms with Crippen LogP contribution >= 0.6 is 0 Å². The summed E-state index contributed by atoms with van der Waals surface area (Å²) in [7, 11) is 0. The van der Waals surface area contributed by atoms with E-state index in [1.54, 1.807) is 12.1 Å². The number of hydrazine groups is 1. The fourth-order valence-corrected chi connectivity index (χ4v) is 0.778. The van der Waals surface area contributed by atoms with Gasteiger partial charge in [-0.3, -0.25) is 5.84 Å². The molecule has 0 spiro atoms. The van der Waals surface area contributed by atoms with Crippen LogP contribution < -0.4 is 11.3 Å². The molecule has 1 rings (SSSR count). The molecule has 0 atom stereocenters. The fraction of sp³-hybridized carbons (Fsp3) is 0. The van der Waals surface area contributed by atoms with Crippen molar-refractivity contribution in [2.45, 2.75) is 0 Å². The minimum atomic E-state index is -0.0667. The number of benzene rings is 1. The number of rotatable bonds is 1. The Labute approximate surface area is 63.8 Å². The van der Waals surface area contributed by atoms with E-state index in [0.717, 1.165) is 0 Å². The summed E-state index contributed by atoms with van der Waals surface area (Å²) < 4.78 is 0. The molecule has 0 aromatic heterocycles. The lowest BCUT2D eigenvalue weighted by molar-refractivity contribution is 0.474. The maximum Gasteiger partial charge on any atom is 0.135 e. The van der Waals surface area contributed by atoms with Gasteiger partial charge >= 0.3 is 0 Å². The summed E-state index contributed by atoms with van der Waals surface area (Å²) in [6, 6.07) is 6.46. The van der Waals surface area contributed by atoms with Gasteiger partial charge in [0, 0.05) is 0 Å². The summed E-state index contributed by atoms with van der Waals surface area (Å²) in [6.45, 7) is 0. The van der Waals surface area contributed by atoms with E-state index in [2.05, 4.69) is 5.43 Å². The van der Waals surface area contributed by atoms with Crippen molar-refractivity contribution in [1.29, 1.82) is 5.26 Å². The molecule has 0 aliphatic carbocycles. The largest absolute Gasteiger partial charge is 0.506 e. The van der Waals surface area contributed by atoms with Crippen LogP contribution in [0.4, 0.5) is 5.69 Å². The topological polar surface area (TPSA) is 82.1 Å². The van der Waals surface area contributed by atoms with Gasteiger partial charge in [-0.15, -0.1) is 0 Å². The molecule has 0 amide bonds. The predicted octanol–water partition coefficient (Wildman–Crippen LogP) is 0.549. The molecule has 0 aliphatic rings. The first kappa shape index (κ1) is 7.38. The second kappa shape index (κ2) is 2.90. The van der Waals surface area contributed by atoms with Crippen LogP contribution in [0.15, 0.2) is 18.2 Å². The van der Waals surface area contributed by atoms with E-state index in [9.17, 15) is 0 Å². The number of hydrogen-bond acceptors (Lipinski definition) is 4. The lowest BCUT2D eigenvalue weighted by Crippen LogP contribution is -2.08. The van der Waals surface area contributed by atoms with Gasteiger partial charge in [-0.2, -0.15) is 5.26 Å². The number of phenols is 1. The van der Waals surface area contributed by atoms with Gasteiger partial charge in [-0.25, -0.2) is 0 Å². The molecule has 0 radical (unpaired) electrons. The number of nitrogens with one attached hydrogen (secondary N) is 1. The minimum Gasteiger partial charge on any atom is -0.506 e. The van der Waals surface area contributed by atoms with E-state index in [-0.39, 0.29) is 11.3 Å². The molecule has 0 unspecified atom stereocenters. The highest BCUT2D eigenvalue weighted by atomic mass is 16.3. The van der Waals surface area contributed by atoms with Gasteiger partial charge in [0.1, 0.15) is 17.4 Å². The van der Waals surface area contributed by atoms with Crippen LogP contribution in [0.2, 0.25) is 0 Å². The van der Waals surface area contributed by atoms with Crippen molar-refractivity contribution in [2.75, 3.05) is 5.43 Å². The summed E-state index contributed by atoms with van der Waals surface area (Å²) in [5.74, 6) is 5.02. The molecule has 56 valence electrons. The third kappa shape index (κ3) is 1.23. The Bertz CT molecular complexity index is 303. The molecular weight excluding hydrogens is 142 g/mol. The van der Waals surface area contributed by atoms with Crippen LogP contribution in [-0.4, -0.2) is 5.11 Å². The molecule has 4 heteroatoms. The molecule has 0 heterocycles. The van der Waals surface area contributed by atoms with Crippen molar-refractivity contribution in [3.8, 4) is 11.8 Å². The van der Waals surface area contributed by atoms with Gasteiger partial charge < -0.3 is 10.5 Å². The maximum atomic E-state index is 9.10. The van der Waals surface area contributed by atoms with Crippen molar-refractivity contribution in [2.24, 2.45) is 5.84 Å². The average molecular weight is 149 g/mol. The summed E-state index contributed by atoms with van der Waals surface area (Å²) in [5.41, 5.74) is 2.89. The van der Waals surface area contributed by atoms with E-state index in [0.29, 0.717) is 5.69 Å². The molecule has 11 heavy (non-hydrogen) atoms. The van der Waals surface area contributed by atoms with Crippen molar-refractivity contribution in [3.05, 3.63) is 23.8 Å². The van der Waals surface area contributed by atoms with Gasteiger partial charge in [-0.05, 0) is 12.1 Å². The monoisotopic (exact) mass is 149 g/mol. The van der Waals surface area contributed by atoms with Crippen LogP contribution in [-0.2, 0) is 0 Å². The molecule has 0 fully saturated rings. The zero-order chi connectivity index (χ0) is 8.27. The Morgan fingerprint density at radius 2 is 2.27 bits per heavy atom. The Morgan fingerprint density at radius 3 is 2.73 bits per heavy atom. The van der Waals surface area contributed by atoms with E-state index in [1.165, 1.54) is 6.07 Å². The Hall–Kier alpha value is -1.73. The quantitative estimate of drug-likeness (QED) is 0.402. The van der Waals surface area contributed by atoms with E-state index >= 15 is 0 Å². The van der Waals surface area contributed by atoms with Gasteiger partial charge in [0.2, 0.25) is 0 Å². The number of nitriles is 1. The lowest BCUT2D eigenvalue weighted by Gasteiger charge is -2.02. The highest BCUT2D eigenvalue weighted by Crippen LogP contribution is 2.22. The van der Waals surface area contributed by atoms with Crippen molar-refractivity contribution >= 4 is 5.69 Å². The smallest absolute Gasteiger partial charge is 0.135 e. The highest BCUT2D eigenvalue weighted by Gasteiger charge is 2.03. The number of nitrogens with two attached hydrogens (primary N) is 1. The van der Waals surface area contributed by atoms with Crippen molar-refractivity contribution in [1.82, 2.24) is 0 Å². The highest BCUT2D eigenvalue weighted by molar-refractivity contribution is 5.62. The molecule has 0 saturated heterocycles. The zero-order valence-electron chi connectivity index (χ0n) is 5.70. The first-order valence-electron chi connectivity index (χ1n) is 2.98. The van der Waals surface area contributed by atoms with Crippen LogP contribution in [0.5, 0.6) is 5.75 Å². The first-order valence-corrected chi connectivity index (χ1v) is 2.98. The van der Waals surface area contributed by atoms with E-state index in [4.69, 9.17) is 16.2 Å². The average Bonchev–Trinajstić information content (AvgIpc) is 2.04. The normalized spacial score (nSPS) is 8.73. The van der Waals surface area contributed by atoms with Crippen molar-refractivity contribution in [3.63, 3.8) is 0 Å². The standard InChI is InChI=1S/C7H7N3O/c8-4-5-6(10-9)2-1-3-7(5)11/h1-3,10-11H,9H2. The summed E-state index contributed by atoms with van der Waals surface area (Å²) >= 11 is 0. The molecule has 1 aromatic rings. The lowest BCUT2D eigenvalue weighted by atomic mass is 10.2. The Morgan fingerprint density at radius 1 is 1.55 bits per heavy atom. The van der Waals surface area contributed by atoms with Gasteiger partial charge in [0.25, 0.3) is 0 Å². The summed E-state index contributed by atoms with van der Waals surface area (Å²) in [4.78, 5) is 0. The second-order valence-electron chi connectivity index (χ2n) is 1.96. The van der Waals surface area contributed by atoms with Crippen LogP contribution in [0, 0.1) is 11.3 Å². The number of hydrogen-bond donors (Lipinski definition) is 3.